The second-order valence-corrected chi connectivity index (χ2v) is 9.26. The quantitative estimate of drug-likeness (QED) is 0.670. The Bertz CT molecular complexity index is 853. The van der Waals surface area contributed by atoms with Crippen molar-refractivity contribution in [2.45, 2.75) is 18.6 Å². The van der Waals surface area contributed by atoms with Crippen LogP contribution in [0.1, 0.15) is 18.5 Å². The lowest BCUT2D eigenvalue weighted by atomic mass is 10.3. The molecule has 0 N–H and O–H groups in total. The molecule has 2 aromatic heterocycles. The van der Waals surface area contributed by atoms with Crippen LogP contribution in [0.15, 0.2) is 22.4 Å². The molecule has 2 fully saturated rings. The van der Waals surface area contributed by atoms with Gasteiger partial charge in [0.05, 0.1) is 11.4 Å². The zero-order chi connectivity index (χ0) is 19.3. The molecule has 0 unspecified atom stereocenters. The van der Waals surface area contributed by atoms with Crippen molar-refractivity contribution in [1.82, 2.24) is 24.1 Å². The zero-order valence-electron chi connectivity index (χ0n) is 16.1. The molecule has 0 bridgehead atoms. The Labute approximate surface area is 173 Å². The van der Waals surface area contributed by atoms with E-state index in [1.165, 1.54) is 49.0 Å². The van der Waals surface area contributed by atoms with Gasteiger partial charge in [0, 0.05) is 62.7 Å². The smallest absolute Gasteiger partial charge is 0.258 e. The molecule has 0 aliphatic carbocycles. The Morgan fingerprint density at radius 3 is 2.54 bits per heavy atom. The van der Waals surface area contributed by atoms with Gasteiger partial charge in [-0.25, -0.2) is 4.98 Å². The monoisotopic (exact) mass is 421 g/mol. The van der Waals surface area contributed by atoms with Gasteiger partial charge in [-0.1, -0.05) is 0 Å². The molecule has 152 valence electrons. The van der Waals surface area contributed by atoms with Gasteiger partial charge in [-0.2, -0.15) is 0 Å². The highest BCUT2D eigenvalue weighted by Crippen LogP contribution is 2.14. The van der Waals surface area contributed by atoms with Crippen LogP contribution in [0.25, 0.3) is 4.96 Å². The summed E-state index contributed by atoms with van der Waals surface area (Å²) in [4.78, 5) is 36.7. The van der Waals surface area contributed by atoms with E-state index in [0.29, 0.717) is 16.5 Å². The topological polar surface area (TPSA) is 61.2 Å². The van der Waals surface area contributed by atoms with Crippen LogP contribution in [-0.4, -0.2) is 88.1 Å². The molecular weight excluding hydrogens is 394 g/mol. The Kier molecular flexibility index (Phi) is 6.66. The van der Waals surface area contributed by atoms with Crippen molar-refractivity contribution in [1.29, 1.82) is 0 Å². The van der Waals surface area contributed by atoms with Crippen LogP contribution >= 0.6 is 23.1 Å². The molecule has 4 heterocycles. The van der Waals surface area contributed by atoms with E-state index in [2.05, 4.69) is 14.8 Å². The lowest BCUT2D eigenvalue weighted by molar-refractivity contribution is -0.130. The van der Waals surface area contributed by atoms with Gasteiger partial charge in [-0.15, -0.1) is 23.1 Å². The van der Waals surface area contributed by atoms with Gasteiger partial charge < -0.3 is 9.80 Å². The zero-order valence-corrected chi connectivity index (χ0v) is 17.7. The van der Waals surface area contributed by atoms with Gasteiger partial charge in [0.2, 0.25) is 5.91 Å². The molecule has 0 atom stereocenters. The lowest BCUT2D eigenvalue weighted by Crippen LogP contribution is -2.50. The van der Waals surface area contributed by atoms with Crippen LogP contribution < -0.4 is 5.56 Å². The number of piperazine rings is 1. The summed E-state index contributed by atoms with van der Waals surface area (Å²) in [7, 11) is 0. The van der Waals surface area contributed by atoms with E-state index >= 15 is 0 Å². The Morgan fingerprint density at radius 2 is 1.79 bits per heavy atom. The highest BCUT2D eigenvalue weighted by atomic mass is 32.2. The molecule has 4 rings (SSSR count). The Morgan fingerprint density at radius 1 is 1.07 bits per heavy atom. The predicted molar refractivity (Wildman–Crippen MR) is 114 cm³/mol. The first kappa shape index (κ1) is 19.9. The number of carbonyl (C=O) groups excluding carboxylic acids is 1. The standard InChI is InChI=1S/C19H27N5O2S2/c25-17-13-16(20-19-24(17)11-12-28-19)14-27-15-18(26)23-9-7-22(8-10-23)6-5-21-3-1-2-4-21/h11-13H,1-10,14-15H2. The molecule has 2 aliphatic heterocycles. The van der Waals surface area contributed by atoms with E-state index < -0.39 is 0 Å². The molecule has 7 nitrogen and oxygen atoms in total. The summed E-state index contributed by atoms with van der Waals surface area (Å²) in [5, 5.41) is 1.86. The number of likely N-dealkylation sites (tertiary alicyclic amines) is 1. The second kappa shape index (κ2) is 9.39. The minimum absolute atomic E-state index is 0.0572. The second-order valence-electron chi connectivity index (χ2n) is 7.41. The summed E-state index contributed by atoms with van der Waals surface area (Å²) >= 11 is 2.99. The molecule has 2 saturated heterocycles. The summed E-state index contributed by atoms with van der Waals surface area (Å²) in [5.74, 6) is 1.22. The van der Waals surface area contributed by atoms with E-state index in [1.54, 1.807) is 16.7 Å². The number of fused-ring (bicyclic) bond motifs is 1. The van der Waals surface area contributed by atoms with Crippen molar-refractivity contribution in [2.75, 3.05) is 58.1 Å². The number of thiazole rings is 1. The summed E-state index contributed by atoms with van der Waals surface area (Å²) < 4.78 is 1.55. The van der Waals surface area contributed by atoms with Gasteiger partial charge in [0.15, 0.2) is 4.96 Å². The van der Waals surface area contributed by atoms with Crippen molar-refractivity contribution in [2.24, 2.45) is 0 Å². The molecule has 0 spiro atoms. The van der Waals surface area contributed by atoms with E-state index in [-0.39, 0.29) is 11.5 Å². The van der Waals surface area contributed by atoms with Gasteiger partial charge in [0.25, 0.3) is 5.56 Å². The molecule has 2 aliphatic rings. The molecule has 28 heavy (non-hydrogen) atoms. The fourth-order valence-corrected chi connectivity index (χ4v) is 5.36. The summed E-state index contributed by atoms with van der Waals surface area (Å²) in [5.41, 5.74) is 0.690. The normalized spacial score (nSPS) is 18.9. The maximum Gasteiger partial charge on any atom is 0.258 e. The van der Waals surface area contributed by atoms with Crippen LogP contribution in [0.2, 0.25) is 0 Å². The van der Waals surface area contributed by atoms with Crippen molar-refractivity contribution in [3.05, 3.63) is 33.7 Å². The molecule has 2 aromatic rings. The van der Waals surface area contributed by atoms with E-state index in [9.17, 15) is 9.59 Å². The van der Waals surface area contributed by atoms with Gasteiger partial charge in [-0.05, 0) is 25.9 Å². The number of nitrogens with zero attached hydrogens (tertiary/aromatic N) is 5. The Balaban J connectivity index is 1.17. The number of amides is 1. The number of hydrogen-bond acceptors (Lipinski definition) is 7. The fraction of sp³-hybridized carbons (Fsp3) is 0.632. The molecular formula is C19H27N5O2S2. The molecule has 1 amide bonds. The van der Waals surface area contributed by atoms with E-state index in [0.717, 1.165) is 45.0 Å². The van der Waals surface area contributed by atoms with Crippen LogP contribution in [0, 0.1) is 0 Å². The van der Waals surface area contributed by atoms with E-state index in [1.807, 2.05) is 10.3 Å². The first-order valence-corrected chi connectivity index (χ1v) is 12.0. The lowest BCUT2D eigenvalue weighted by Gasteiger charge is -2.35. The van der Waals surface area contributed by atoms with Crippen molar-refractivity contribution < 1.29 is 4.79 Å². The minimum Gasteiger partial charge on any atom is -0.339 e. The highest BCUT2D eigenvalue weighted by molar-refractivity contribution is 7.99. The highest BCUT2D eigenvalue weighted by Gasteiger charge is 2.21. The van der Waals surface area contributed by atoms with E-state index in [4.69, 9.17) is 0 Å². The van der Waals surface area contributed by atoms with Gasteiger partial charge >= 0.3 is 0 Å². The van der Waals surface area contributed by atoms with Crippen LogP contribution in [-0.2, 0) is 10.5 Å². The molecule has 0 saturated carbocycles. The minimum atomic E-state index is -0.0572. The largest absolute Gasteiger partial charge is 0.339 e. The maximum atomic E-state index is 12.5. The molecule has 0 radical (unpaired) electrons. The Hall–Kier alpha value is -1.42. The fourth-order valence-electron chi connectivity index (χ4n) is 3.81. The van der Waals surface area contributed by atoms with Crippen LogP contribution in [0.4, 0.5) is 0 Å². The van der Waals surface area contributed by atoms with Crippen molar-refractivity contribution in [3.8, 4) is 0 Å². The molecule has 9 heteroatoms. The third-order valence-corrected chi connectivity index (χ3v) is 7.20. The van der Waals surface area contributed by atoms with Crippen LogP contribution in [0.5, 0.6) is 0 Å². The predicted octanol–water partition coefficient (Wildman–Crippen LogP) is 1.23. The molecule has 0 aromatic carbocycles. The first-order valence-electron chi connectivity index (χ1n) is 9.95. The summed E-state index contributed by atoms with van der Waals surface area (Å²) in [6.45, 7) is 8.34. The first-order chi connectivity index (χ1) is 13.7. The average molecular weight is 422 g/mol. The third-order valence-electron chi connectivity index (χ3n) is 5.49. The number of hydrogen-bond donors (Lipinski definition) is 0. The SMILES string of the molecule is O=C(CSCc1cc(=O)n2ccsc2n1)N1CCN(CCN2CCCC2)CC1. The number of aromatic nitrogens is 2. The summed E-state index contributed by atoms with van der Waals surface area (Å²) in [6.07, 6.45) is 4.41. The van der Waals surface area contributed by atoms with Gasteiger partial charge in [0.1, 0.15) is 0 Å². The third kappa shape index (κ3) is 4.94. The van der Waals surface area contributed by atoms with Gasteiger partial charge in [-0.3, -0.25) is 18.9 Å². The maximum absolute atomic E-state index is 12.5. The van der Waals surface area contributed by atoms with Crippen LogP contribution in [0.3, 0.4) is 0 Å². The summed E-state index contributed by atoms with van der Waals surface area (Å²) in [6, 6.07) is 1.57. The average Bonchev–Trinajstić information content (AvgIpc) is 3.39. The van der Waals surface area contributed by atoms with Crippen molar-refractivity contribution >= 4 is 34.0 Å². The number of thioether (sulfide) groups is 1. The van der Waals surface area contributed by atoms with Crippen molar-refractivity contribution in [3.63, 3.8) is 0 Å². The number of rotatable bonds is 7. The number of carbonyl (C=O) groups is 1.